The third-order valence-electron chi connectivity index (χ3n) is 3.44. The Labute approximate surface area is 113 Å². The van der Waals surface area contributed by atoms with Crippen LogP contribution in [0.1, 0.15) is 43.5 Å². The summed E-state index contributed by atoms with van der Waals surface area (Å²) in [7, 11) is 0. The molecule has 0 spiro atoms. The lowest BCUT2D eigenvalue weighted by atomic mass is 10.0. The van der Waals surface area contributed by atoms with Gasteiger partial charge in [-0.3, -0.25) is 4.79 Å². The summed E-state index contributed by atoms with van der Waals surface area (Å²) < 4.78 is 0. The van der Waals surface area contributed by atoms with Crippen LogP contribution in [0, 0.1) is 5.92 Å². The molecule has 0 aromatic carbocycles. The van der Waals surface area contributed by atoms with Gasteiger partial charge in [0.1, 0.15) is 0 Å². The molecule has 2 rings (SSSR count). The van der Waals surface area contributed by atoms with Gasteiger partial charge in [-0.1, -0.05) is 19.4 Å². The van der Waals surface area contributed by atoms with Crippen LogP contribution in [0.25, 0.3) is 0 Å². The molecule has 0 radical (unpaired) electrons. The van der Waals surface area contributed by atoms with Crippen LogP contribution in [-0.4, -0.2) is 19.0 Å². The average Bonchev–Trinajstić information content (AvgIpc) is 3.00. The number of nitrogens with one attached hydrogen (secondary N) is 2. The summed E-state index contributed by atoms with van der Waals surface area (Å²) in [5.74, 6) is 0.728. The van der Waals surface area contributed by atoms with Crippen molar-refractivity contribution in [3.8, 4) is 0 Å². The number of carbonyl (C=O) groups excluding carboxylic acids is 1. The van der Waals surface area contributed by atoms with Gasteiger partial charge in [0.05, 0.1) is 6.04 Å². The summed E-state index contributed by atoms with van der Waals surface area (Å²) in [6.07, 6.45) is 3.91. The number of thiophene rings is 1. The van der Waals surface area contributed by atoms with E-state index in [2.05, 4.69) is 35.1 Å². The van der Waals surface area contributed by atoms with E-state index in [1.807, 2.05) is 0 Å². The lowest BCUT2D eigenvalue weighted by Gasteiger charge is -2.18. The zero-order valence-electron chi connectivity index (χ0n) is 10.9. The van der Waals surface area contributed by atoms with Crippen LogP contribution in [0.5, 0.6) is 0 Å². The smallest absolute Gasteiger partial charge is 0.220 e. The van der Waals surface area contributed by atoms with Crippen LogP contribution >= 0.6 is 11.3 Å². The lowest BCUT2D eigenvalue weighted by molar-refractivity contribution is -0.122. The molecule has 1 aliphatic heterocycles. The van der Waals surface area contributed by atoms with Crippen LogP contribution in [0.15, 0.2) is 17.5 Å². The Bertz CT molecular complexity index is 358. The van der Waals surface area contributed by atoms with Gasteiger partial charge in [0.2, 0.25) is 5.91 Å². The Morgan fingerprint density at radius 3 is 3.17 bits per heavy atom. The van der Waals surface area contributed by atoms with E-state index in [0.29, 0.717) is 12.3 Å². The number of hydrogen-bond donors (Lipinski definition) is 2. The Morgan fingerprint density at radius 1 is 1.67 bits per heavy atom. The van der Waals surface area contributed by atoms with Gasteiger partial charge in [-0.2, -0.15) is 0 Å². The van der Waals surface area contributed by atoms with E-state index >= 15 is 0 Å². The normalized spacial score (nSPS) is 20.8. The molecule has 4 heteroatoms. The van der Waals surface area contributed by atoms with Crippen molar-refractivity contribution in [2.45, 2.75) is 38.6 Å². The van der Waals surface area contributed by atoms with Crippen LogP contribution in [0.3, 0.4) is 0 Å². The molecule has 1 aromatic rings. The highest BCUT2D eigenvalue weighted by molar-refractivity contribution is 7.10. The van der Waals surface area contributed by atoms with Crippen molar-refractivity contribution < 1.29 is 4.79 Å². The maximum absolute atomic E-state index is 12.0. The molecule has 0 aliphatic carbocycles. The van der Waals surface area contributed by atoms with Crippen molar-refractivity contribution in [3.05, 3.63) is 22.4 Å². The maximum atomic E-state index is 12.0. The fourth-order valence-electron chi connectivity index (χ4n) is 2.47. The van der Waals surface area contributed by atoms with Crippen molar-refractivity contribution in [2.24, 2.45) is 5.92 Å². The predicted octanol–water partition coefficient (Wildman–Crippen LogP) is 2.71. The first-order valence-corrected chi connectivity index (χ1v) is 7.71. The van der Waals surface area contributed by atoms with Crippen LogP contribution in [-0.2, 0) is 4.79 Å². The third kappa shape index (κ3) is 3.82. The van der Waals surface area contributed by atoms with E-state index in [1.54, 1.807) is 11.3 Å². The van der Waals surface area contributed by atoms with Gasteiger partial charge in [-0.25, -0.2) is 0 Å². The van der Waals surface area contributed by atoms with Crippen LogP contribution in [0.2, 0.25) is 0 Å². The Balaban J connectivity index is 1.86. The molecular formula is C14H22N2OS. The molecule has 1 amide bonds. The van der Waals surface area contributed by atoms with Crippen molar-refractivity contribution in [1.82, 2.24) is 10.6 Å². The number of rotatable bonds is 6. The zero-order chi connectivity index (χ0) is 12.8. The van der Waals surface area contributed by atoms with E-state index in [0.717, 1.165) is 32.4 Å². The molecule has 2 unspecified atom stereocenters. The molecule has 100 valence electrons. The summed E-state index contributed by atoms with van der Waals surface area (Å²) in [5, 5.41) is 8.57. The van der Waals surface area contributed by atoms with E-state index in [1.165, 1.54) is 4.88 Å². The molecular weight excluding hydrogens is 244 g/mol. The summed E-state index contributed by atoms with van der Waals surface area (Å²) >= 11 is 1.73. The maximum Gasteiger partial charge on any atom is 0.220 e. The van der Waals surface area contributed by atoms with Gasteiger partial charge in [0.25, 0.3) is 0 Å². The third-order valence-corrected chi connectivity index (χ3v) is 4.42. The quantitative estimate of drug-likeness (QED) is 0.831. The first-order valence-electron chi connectivity index (χ1n) is 6.83. The molecule has 1 saturated heterocycles. The Morgan fingerprint density at radius 2 is 2.56 bits per heavy atom. The van der Waals surface area contributed by atoms with Gasteiger partial charge in [0, 0.05) is 11.3 Å². The summed E-state index contributed by atoms with van der Waals surface area (Å²) in [5.41, 5.74) is 0. The van der Waals surface area contributed by atoms with Crippen molar-refractivity contribution in [1.29, 1.82) is 0 Å². The molecule has 1 fully saturated rings. The highest BCUT2D eigenvalue weighted by Crippen LogP contribution is 2.23. The lowest BCUT2D eigenvalue weighted by Crippen LogP contribution is -2.30. The molecule has 2 atom stereocenters. The van der Waals surface area contributed by atoms with Crippen molar-refractivity contribution in [2.75, 3.05) is 13.1 Å². The molecule has 1 aromatic heterocycles. The second kappa shape index (κ2) is 6.90. The number of hydrogen-bond acceptors (Lipinski definition) is 3. The highest BCUT2D eigenvalue weighted by atomic mass is 32.1. The van der Waals surface area contributed by atoms with Gasteiger partial charge < -0.3 is 10.6 Å². The first kappa shape index (κ1) is 13.6. The van der Waals surface area contributed by atoms with Crippen molar-refractivity contribution >= 4 is 17.2 Å². The fraction of sp³-hybridized carbons (Fsp3) is 0.643. The standard InChI is InChI=1S/C14H22N2OS/c1-2-4-12(13-5-3-8-18-13)16-14(17)9-11-6-7-15-10-11/h3,5,8,11-12,15H,2,4,6-7,9-10H2,1H3,(H,16,17). The van der Waals surface area contributed by atoms with Crippen LogP contribution in [0.4, 0.5) is 0 Å². The molecule has 3 nitrogen and oxygen atoms in total. The zero-order valence-corrected chi connectivity index (χ0v) is 11.8. The first-order chi connectivity index (χ1) is 8.79. The summed E-state index contributed by atoms with van der Waals surface area (Å²) in [4.78, 5) is 13.3. The van der Waals surface area contributed by atoms with Gasteiger partial charge in [-0.05, 0) is 43.3 Å². The molecule has 18 heavy (non-hydrogen) atoms. The highest BCUT2D eigenvalue weighted by Gasteiger charge is 2.20. The van der Waals surface area contributed by atoms with E-state index < -0.39 is 0 Å². The molecule has 0 bridgehead atoms. The minimum absolute atomic E-state index is 0.204. The second-order valence-corrected chi connectivity index (χ2v) is 5.97. The van der Waals surface area contributed by atoms with Crippen LogP contribution < -0.4 is 10.6 Å². The minimum atomic E-state index is 0.204. The van der Waals surface area contributed by atoms with Gasteiger partial charge >= 0.3 is 0 Å². The molecule has 1 aliphatic rings. The molecule has 0 saturated carbocycles. The van der Waals surface area contributed by atoms with Gasteiger partial charge in [0.15, 0.2) is 0 Å². The van der Waals surface area contributed by atoms with E-state index in [4.69, 9.17) is 0 Å². The predicted molar refractivity (Wildman–Crippen MR) is 75.7 cm³/mol. The molecule has 2 N–H and O–H groups in total. The topological polar surface area (TPSA) is 41.1 Å². The average molecular weight is 266 g/mol. The summed E-state index contributed by atoms with van der Waals surface area (Å²) in [6, 6.07) is 4.37. The number of amides is 1. The largest absolute Gasteiger partial charge is 0.348 e. The second-order valence-electron chi connectivity index (χ2n) is 4.99. The van der Waals surface area contributed by atoms with Crippen molar-refractivity contribution in [3.63, 3.8) is 0 Å². The fourth-order valence-corrected chi connectivity index (χ4v) is 3.28. The SMILES string of the molecule is CCCC(NC(=O)CC1CCNC1)c1cccs1. The summed E-state index contributed by atoms with van der Waals surface area (Å²) in [6.45, 7) is 4.21. The monoisotopic (exact) mass is 266 g/mol. The Kier molecular flexibility index (Phi) is 5.20. The Hall–Kier alpha value is -0.870. The number of carbonyl (C=O) groups is 1. The minimum Gasteiger partial charge on any atom is -0.348 e. The molecule has 2 heterocycles. The van der Waals surface area contributed by atoms with Gasteiger partial charge in [-0.15, -0.1) is 11.3 Å². The van der Waals surface area contributed by atoms with E-state index in [-0.39, 0.29) is 11.9 Å². The van der Waals surface area contributed by atoms with E-state index in [9.17, 15) is 4.79 Å².